The topological polar surface area (TPSA) is 64.6 Å². The molecule has 1 atom stereocenters. The maximum atomic E-state index is 12.2. The van der Waals surface area contributed by atoms with Crippen molar-refractivity contribution in [3.05, 3.63) is 64.1 Å². The molecule has 0 heterocycles. The number of nitrogens with one attached hydrogen (secondary N) is 1. The van der Waals surface area contributed by atoms with Crippen LogP contribution in [0.2, 0.25) is 0 Å². The lowest BCUT2D eigenvalue weighted by atomic mass is 10.0. The number of rotatable bonds is 8. The molecule has 1 amide bonds. The van der Waals surface area contributed by atoms with Gasteiger partial charge in [-0.1, -0.05) is 43.7 Å². The van der Waals surface area contributed by atoms with Crippen molar-refractivity contribution in [2.24, 2.45) is 0 Å². The molecule has 0 saturated heterocycles. The van der Waals surface area contributed by atoms with Crippen LogP contribution >= 0.6 is 15.9 Å². The zero-order chi connectivity index (χ0) is 18.9. The van der Waals surface area contributed by atoms with Gasteiger partial charge in [-0.3, -0.25) is 4.79 Å². The van der Waals surface area contributed by atoms with E-state index in [1.54, 1.807) is 25.3 Å². The second-order valence-corrected chi connectivity index (χ2v) is 6.60. The van der Waals surface area contributed by atoms with Crippen LogP contribution in [0, 0.1) is 0 Å². The smallest absolute Gasteiger partial charge is 0.338 e. The molecule has 2 rings (SSSR count). The van der Waals surface area contributed by atoms with Crippen LogP contribution in [0.25, 0.3) is 0 Å². The lowest BCUT2D eigenvalue weighted by Gasteiger charge is -2.18. The first kappa shape index (κ1) is 20.0. The molecule has 2 aromatic rings. The Balaban J connectivity index is 1.92. The van der Waals surface area contributed by atoms with Crippen LogP contribution in [0.3, 0.4) is 0 Å². The highest BCUT2D eigenvalue weighted by molar-refractivity contribution is 9.10. The summed E-state index contributed by atoms with van der Waals surface area (Å²) in [7, 11) is 1.54. The number of carbonyl (C=O) groups is 2. The summed E-state index contributed by atoms with van der Waals surface area (Å²) in [5, 5.41) is 2.93. The molecular formula is C20H22BrNO4. The van der Waals surface area contributed by atoms with Gasteiger partial charge in [0.2, 0.25) is 0 Å². The number of halogens is 1. The number of carbonyl (C=O) groups excluding carboxylic acids is 2. The van der Waals surface area contributed by atoms with Gasteiger partial charge >= 0.3 is 5.97 Å². The number of hydrogen-bond acceptors (Lipinski definition) is 4. The van der Waals surface area contributed by atoms with Crippen molar-refractivity contribution >= 4 is 27.8 Å². The normalized spacial score (nSPS) is 11.5. The molecule has 2 aromatic carbocycles. The van der Waals surface area contributed by atoms with Gasteiger partial charge in [0.25, 0.3) is 5.91 Å². The van der Waals surface area contributed by atoms with Crippen molar-refractivity contribution in [3.8, 4) is 5.75 Å². The van der Waals surface area contributed by atoms with Crippen LogP contribution in [-0.4, -0.2) is 25.6 Å². The molecule has 0 aliphatic carbocycles. The highest BCUT2D eigenvalue weighted by Gasteiger charge is 2.16. The average molecular weight is 420 g/mol. The molecule has 0 fully saturated rings. The SMILES string of the molecule is CCC[C@@H](NC(=O)COC(=O)c1ccc(OC)c(Br)c1)c1ccccc1. The van der Waals surface area contributed by atoms with Crippen molar-refractivity contribution in [3.63, 3.8) is 0 Å². The van der Waals surface area contributed by atoms with Gasteiger partial charge in [0, 0.05) is 0 Å². The van der Waals surface area contributed by atoms with E-state index in [0.29, 0.717) is 15.8 Å². The monoisotopic (exact) mass is 419 g/mol. The summed E-state index contributed by atoms with van der Waals surface area (Å²) in [6.07, 6.45) is 1.74. The Bertz CT molecular complexity index is 749. The minimum Gasteiger partial charge on any atom is -0.496 e. The van der Waals surface area contributed by atoms with Gasteiger partial charge in [-0.05, 0) is 46.1 Å². The van der Waals surface area contributed by atoms with Gasteiger partial charge in [0.05, 0.1) is 23.2 Å². The number of esters is 1. The van der Waals surface area contributed by atoms with Crippen LogP contribution < -0.4 is 10.1 Å². The van der Waals surface area contributed by atoms with Crippen molar-refractivity contribution in [2.45, 2.75) is 25.8 Å². The Labute approximate surface area is 161 Å². The Morgan fingerprint density at radius 2 is 1.88 bits per heavy atom. The molecule has 0 saturated carbocycles. The first-order chi connectivity index (χ1) is 12.5. The molecule has 0 spiro atoms. The molecule has 0 aromatic heterocycles. The van der Waals surface area contributed by atoms with E-state index < -0.39 is 5.97 Å². The Morgan fingerprint density at radius 1 is 1.15 bits per heavy atom. The van der Waals surface area contributed by atoms with E-state index in [2.05, 4.69) is 28.2 Å². The molecule has 0 aliphatic heterocycles. The zero-order valence-corrected chi connectivity index (χ0v) is 16.4. The first-order valence-electron chi connectivity index (χ1n) is 8.40. The van der Waals surface area contributed by atoms with Crippen LogP contribution in [0.5, 0.6) is 5.75 Å². The van der Waals surface area contributed by atoms with Crippen LogP contribution in [0.1, 0.15) is 41.7 Å². The predicted molar refractivity (Wildman–Crippen MR) is 103 cm³/mol. The molecule has 5 nitrogen and oxygen atoms in total. The number of methoxy groups -OCH3 is 1. The predicted octanol–water partition coefficient (Wildman–Crippen LogP) is 4.27. The summed E-state index contributed by atoms with van der Waals surface area (Å²) in [5.41, 5.74) is 1.38. The number of amides is 1. The highest BCUT2D eigenvalue weighted by Crippen LogP contribution is 2.25. The van der Waals surface area contributed by atoms with Crippen molar-refractivity contribution in [1.82, 2.24) is 5.32 Å². The second-order valence-electron chi connectivity index (χ2n) is 5.74. The van der Waals surface area contributed by atoms with E-state index in [0.717, 1.165) is 18.4 Å². The Kier molecular flexibility index (Phi) is 7.66. The minimum atomic E-state index is -0.560. The lowest BCUT2D eigenvalue weighted by molar-refractivity contribution is -0.125. The summed E-state index contributed by atoms with van der Waals surface area (Å²) in [6, 6.07) is 14.5. The summed E-state index contributed by atoms with van der Waals surface area (Å²) in [5.74, 6) is -0.270. The summed E-state index contributed by atoms with van der Waals surface area (Å²) in [6.45, 7) is 1.74. The van der Waals surface area contributed by atoms with Gasteiger partial charge in [-0.25, -0.2) is 4.79 Å². The summed E-state index contributed by atoms with van der Waals surface area (Å²) >= 11 is 3.32. The Morgan fingerprint density at radius 3 is 2.50 bits per heavy atom. The maximum absolute atomic E-state index is 12.2. The van der Waals surface area contributed by atoms with Gasteiger partial charge < -0.3 is 14.8 Å². The van der Waals surface area contributed by atoms with E-state index in [-0.39, 0.29) is 18.6 Å². The zero-order valence-electron chi connectivity index (χ0n) is 14.8. The van der Waals surface area contributed by atoms with Gasteiger partial charge in [-0.2, -0.15) is 0 Å². The fourth-order valence-corrected chi connectivity index (χ4v) is 3.08. The fourth-order valence-electron chi connectivity index (χ4n) is 2.54. The number of hydrogen-bond donors (Lipinski definition) is 1. The third-order valence-electron chi connectivity index (χ3n) is 3.84. The largest absolute Gasteiger partial charge is 0.496 e. The van der Waals surface area contributed by atoms with Crippen molar-refractivity contribution in [2.75, 3.05) is 13.7 Å². The van der Waals surface area contributed by atoms with E-state index in [4.69, 9.17) is 9.47 Å². The lowest BCUT2D eigenvalue weighted by Crippen LogP contribution is -2.32. The van der Waals surface area contributed by atoms with Crippen molar-refractivity contribution in [1.29, 1.82) is 0 Å². The summed E-state index contributed by atoms with van der Waals surface area (Å²) in [4.78, 5) is 24.3. The van der Waals surface area contributed by atoms with E-state index in [9.17, 15) is 9.59 Å². The standard InChI is InChI=1S/C20H22BrNO4/c1-3-7-17(14-8-5-4-6-9-14)22-19(23)13-26-20(24)15-10-11-18(25-2)16(21)12-15/h4-6,8-12,17H,3,7,13H2,1-2H3,(H,22,23)/t17-/m1/s1. The Hall–Kier alpha value is -2.34. The first-order valence-corrected chi connectivity index (χ1v) is 9.19. The summed E-state index contributed by atoms with van der Waals surface area (Å²) < 4.78 is 10.9. The molecule has 6 heteroatoms. The molecule has 0 aliphatic rings. The van der Waals surface area contributed by atoms with Gasteiger partial charge in [-0.15, -0.1) is 0 Å². The highest BCUT2D eigenvalue weighted by atomic mass is 79.9. The molecule has 0 unspecified atom stereocenters. The number of benzene rings is 2. The van der Waals surface area contributed by atoms with Crippen LogP contribution in [-0.2, 0) is 9.53 Å². The van der Waals surface area contributed by atoms with Gasteiger partial charge in [0.15, 0.2) is 6.61 Å². The van der Waals surface area contributed by atoms with E-state index >= 15 is 0 Å². The molecule has 0 radical (unpaired) electrons. The molecule has 26 heavy (non-hydrogen) atoms. The van der Waals surface area contributed by atoms with E-state index in [1.165, 1.54) is 0 Å². The van der Waals surface area contributed by atoms with Crippen LogP contribution in [0.15, 0.2) is 53.0 Å². The fraction of sp³-hybridized carbons (Fsp3) is 0.300. The average Bonchev–Trinajstić information content (AvgIpc) is 2.66. The number of ether oxygens (including phenoxy) is 2. The third-order valence-corrected chi connectivity index (χ3v) is 4.46. The maximum Gasteiger partial charge on any atom is 0.338 e. The second kappa shape index (κ2) is 9.97. The van der Waals surface area contributed by atoms with Crippen LogP contribution in [0.4, 0.5) is 0 Å². The third kappa shape index (κ3) is 5.59. The van der Waals surface area contributed by atoms with E-state index in [1.807, 2.05) is 30.3 Å². The molecular weight excluding hydrogens is 398 g/mol. The molecule has 0 bridgehead atoms. The molecule has 138 valence electrons. The van der Waals surface area contributed by atoms with Crippen molar-refractivity contribution < 1.29 is 19.1 Å². The molecule has 1 N–H and O–H groups in total. The van der Waals surface area contributed by atoms with Gasteiger partial charge in [0.1, 0.15) is 5.75 Å². The minimum absolute atomic E-state index is 0.0949. The quantitative estimate of drug-likeness (QED) is 0.648.